The minimum absolute atomic E-state index is 0.526. The maximum atomic E-state index is 9.75. The van der Waals surface area contributed by atoms with Gasteiger partial charge in [0.25, 0.3) is 0 Å². The lowest BCUT2D eigenvalue weighted by molar-refractivity contribution is -0.00876. The summed E-state index contributed by atoms with van der Waals surface area (Å²) >= 11 is 0. The van der Waals surface area contributed by atoms with Crippen LogP contribution in [-0.4, -0.2) is 69.9 Å². The summed E-state index contributed by atoms with van der Waals surface area (Å²) in [6.07, 6.45) is 12.5. The molecule has 0 aliphatic carbocycles. The van der Waals surface area contributed by atoms with Crippen molar-refractivity contribution in [1.29, 1.82) is 5.26 Å². The van der Waals surface area contributed by atoms with Crippen molar-refractivity contribution in [2.45, 2.75) is 44.3 Å². The van der Waals surface area contributed by atoms with E-state index in [9.17, 15) is 5.26 Å². The maximum Gasteiger partial charge on any atom is 0.212 e. The Morgan fingerprint density at radius 2 is 1.82 bits per heavy atom. The molecule has 0 radical (unpaired) electrons. The molecule has 4 saturated heterocycles. The van der Waals surface area contributed by atoms with Crippen LogP contribution in [0, 0.1) is 11.3 Å². The van der Waals surface area contributed by atoms with Gasteiger partial charge >= 0.3 is 0 Å². The average molecular weight is 521 g/mol. The minimum atomic E-state index is 0.526. The number of anilines is 2. The highest BCUT2D eigenvalue weighted by Gasteiger charge is 2.44. The van der Waals surface area contributed by atoms with Crippen molar-refractivity contribution in [3.8, 4) is 23.1 Å². The van der Waals surface area contributed by atoms with Crippen molar-refractivity contribution in [2.24, 2.45) is 0 Å². The highest BCUT2D eigenvalue weighted by molar-refractivity contribution is 5.86. The molecule has 0 spiro atoms. The largest absolute Gasteiger partial charge is 0.481 e. The van der Waals surface area contributed by atoms with E-state index in [-0.39, 0.29) is 0 Å². The Morgan fingerprint density at radius 1 is 0.974 bits per heavy atom. The summed E-state index contributed by atoms with van der Waals surface area (Å²) in [6, 6.07) is 13.9. The third-order valence-electron chi connectivity index (χ3n) is 8.54. The number of nitrogens with zero attached hydrogens (tertiary/aromatic N) is 8. The van der Waals surface area contributed by atoms with E-state index in [1.165, 1.54) is 31.2 Å². The van der Waals surface area contributed by atoms with Gasteiger partial charge in [0, 0.05) is 74.4 Å². The molecular formula is C30H32N8O. The van der Waals surface area contributed by atoms with Crippen LogP contribution in [0.1, 0.15) is 36.8 Å². The zero-order valence-corrected chi connectivity index (χ0v) is 22.2. The summed E-state index contributed by atoms with van der Waals surface area (Å²) < 4.78 is 7.05. The third kappa shape index (κ3) is 4.35. The summed E-state index contributed by atoms with van der Waals surface area (Å²) in [6.45, 7) is 4.97. The van der Waals surface area contributed by atoms with Crippen LogP contribution < -0.4 is 14.5 Å². The number of fused-ring (bicyclic) bond motifs is 3. The van der Waals surface area contributed by atoms with Gasteiger partial charge < -0.3 is 14.5 Å². The third-order valence-corrected chi connectivity index (χ3v) is 8.54. The first kappa shape index (κ1) is 23.9. The Hall–Kier alpha value is -4.16. The molecule has 0 aromatic carbocycles. The molecule has 0 saturated carbocycles. The van der Waals surface area contributed by atoms with E-state index in [1.807, 2.05) is 23.0 Å². The number of methoxy groups -OCH3 is 1. The van der Waals surface area contributed by atoms with Crippen molar-refractivity contribution >= 4 is 17.0 Å². The van der Waals surface area contributed by atoms with Gasteiger partial charge in [-0.25, -0.2) is 14.5 Å². The standard InChI is InChI=1S/C30H32N8O/c1-39-29-8-5-21(14-33-29)17-37-25-11-26(37)19-36(18-25)28-7-6-22(15-32-28)27-12-24(35-9-3-2-4-10-35)20-38-30(27)23(13-31)16-34-38/h5-8,12,14-16,20,25-26H,2-4,9-11,17-19H2,1H3. The molecule has 39 heavy (non-hydrogen) atoms. The van der Waals surface area contributed by atoms with Gasteiger partial charge in [-0.1, -0.05) is 6.07 Å². The van der Waals surface area contributed by atoms with Crippen molar-refractivity contribution in [2.75, 3.05) is 43.1 Å². The van der Waals surface area contributed by atoms with Gasteiger partial charge in [-0.05, 0) is 49.4 Å². The summed E-state index contributed by atoms with van der Waals surface area (Å²) in [5, 5.41) is 14.3. The number of hydrogen-bond donors (Lipinski definition) is 0. The number of piperazine rings is 1. The zero-order chi connectivity index (χ0) is 26.3. The molecule has 4 aliphatic rings. The van der Waals surface area contributed by atoms with Gasteiger partial charge in [0.2, 0.25) is 5.88 Å². The summed E-state index contributed by atoms with van der Waals surface area (Å²) in [5.74, 6) is 1.66. The van der Waals surface area contributed by atoms with E-state index in [4.69, 9.17) is 9.72 Å². The van der Waals surface area contributed by atoms with Gasteiger partial charge in [-0.15, -0.1) is 0 Å². The molecular weight excluding hydrogens is 488 g/mol. The SMILES string of the molecule is COc1ccc(CN2C3CC2CN(c2ccc(-c4cc(N5CCCCC5)cn5ncc(C#N)c45)cn2)C3)cn1. The Bertz CT molecular complexity index is 1510. The monoisotopic (exact) mass is 520 g/mol. The molecule has 8 rings (SSSR count). The highest BCUT2D eigenvalue weighted by atomic mass is 16.5. The molecule has 4 aromatic rings. The molecule has 0 N–H and O–H groups in total. The number of hydrogen-bond acceptors (Lipinski definition) is 8. The first-order chi connectivity index (χ1) is 19.2. The molecule has 4 fully saturated rings. The van der Waals surface area contributed by atoms with E-state index in [0.717, 1.165) is 60.9 Å². The topological polar surface area (TPSA) is 85.8 Å². The average Bonchev–Trinajstić information content (AvgIpc) is 3.43. The Balaban J connectivity index is 1.10. The number of ether oxygens (including phenoxy) is 1. The quantitative estimate of drug-likeness (QED) is 0.375. The van der Waals surface area contributed by atoms with Crippen LogP contribution in [0.5, 0.6) is 5.88 Å². The number of rotatable bonds is 6. The Labute approximate surface area is 228 Å². The molecule has 2 unspecified atom stereocenters. The predicted octanol–water partition coefficient (Wildman–Crippen LogP) is 4.12. The lowest BCUT2D eigenvalue weighted by Crippen LogP contribution is -2.68. The smallest absolute Gasteiger partial charge is 0.212 e. The zero-order valence-electron chi connectivity index (χ0n) is 22.2. The van der Waals surface area contributed by atoms with Crippen LogP contribution in [0.4, 0.5) is 11.5 Å². The molecule has 9 nitrogen and oxygen atoms in total. The second-order valence-electron chi connectivity index (χ2n) is 10.9. The fourth-order valence-corrected chi connectivity index (χ4v) is 6.44. The highest BCUT2D eigenvalue weighted by Crippen LogP contribution is 2.37. The lowest BCUT2D eigenvalue weighted by Gasteiger charge is -2.56. The maximum absolute atomic E-state index is 9.75. The lowest BCUT2D eigenvalue weighted by atomic mass is 9.87. The van der Waals surface area contributed by atoms with Crippen LogP contribution in [0.25, 0.3) is 16.6 Å². The van der Waals surface area contributed by atoms with Gasteiger partial charge in [0.15, 0.2) is 0 Å². The van der Waals surface area contributed by atoms with Gasteiger partial charge in [0.1, 0.15) is 11.9 Å². The number of piperidine rings is 2. The molecule has 2 bridgehead atoms. The Morgan fingerprint density at radius 3 is 2.51 bits per heavy atom. The molecule has 4 aromatic heterocycles. The number of aromatic nitrogens is 4. The molecule has 8 heterocycles. The van der Waals surface area contributed by atoms with Crippen LogP contribution in [-0.2, 0) is 6.54 Å². The van der Waals surface area contributed by atoms with E-state index in [2.05, 4.69) is 61.3 Å². The molecule has 198 valence electrons. The first-order valence-corrected chi connectivity index (χ1v) is 13.8. The molecule has 9 heteroatoms. The predicted molar refractivity (Wildman–Crippen MR) is 150 cm³/mol. The summed E-state index contributed by atoms with van der Waals surface area (Å²) in [4.78, 5) is 16.7. The van der Waals surface area contributed by atoms with Crippen LogP contribution in [0.3, 0.4) is 0 Å². The second-order valence-corrected chi connectivity index (χ2v) is 10.9. The fourth-order valence-electron chi connectivity index (χ4n) is 6.44. The number of nitriles is 1. The number of pyridine rings is 3. The Kier molecular flexibility index (Phi) is 6.05. The van der Waals surface area contributed by atoms with E-state index < -0.39 is 0 Å². The van der Waals surface area contributed by atoms with Gasteiger partial charge in [-0.3, -0.25) is 4.90 Å². The van der Waals surface area contributed by atoms with Gasteiger partial charge in [0.05, 0.1) is 36.3 Å². The van der Waals surface area contributed by atoms with Crippen molar-refractivity contribution in [1.82, 2.24) is 24.5 Å². The normalized spacial score (nSPS) is 21.0. The van der Waals surface area contributed by atoms with Crippen LogP contribution >= 0.6 is 0 Å². The summed E-state index contributed by atoms with van der Waals surface area (Å²) in [5.41, 5.74) is 5.81. The van der Waals surface area contributed by atoms with Crippen molar-refractivity contribution in [3.05, 3.63) is 66.2 Å². The second kappa shape index (κ2) is 9.86. The van der Waals surface area contributed by atoms with E-state index >= 15 is 0 Å². The summed E-state index contributed by atoms with van der Waals surface area (Å²) in [7, 11) is 1.64. The molecule has 2 atom stereocenters. The van der Waals surface area contributed by atoms with Crippen molar-refractivity contribution < 1.29 is 4.74 Å². The van der Waals surface area contributed by atoms with E-state index in [1.54, 1.807) is 13.3 Å². The van der Waals surface area contributed by atoms with Crippen molar-refractivity contribution in [3.63, 3.8) is 0 Å². The fraction of sp³-hybridized carbons (Fsp3) is 0.400. The first-order valence-electron chi connectivity index (χ1n) is 13.8. The molecule has 4 aliphatic heterocycles. The molecule has 0 amide bonds. The van der Waals surface area contributed by atoms with Gasteiger partial charge in [-0.2, -0.15) is 10.4 Å². The van der Waals surface area contributed by atoms with E-state index in [0.29, 0.717) is 23.5 Å². The van der Waals surface area contributed by atoms with Crippen LogP contribution in [0.2, 0.25) is 0 Å². The van der Waals surface area contributed by atoms with Crippen LogP contribution in [0.15, 0.2) is 55.1 Å². The minimum Gasteiger partial charge on any atom is -0.481 e.